The maximum Gasteiger partial charge on any atom is 0.251 e. The van der Waals surface area contributed by atoms with Crippen molar-refractivity contribution in [2.45, 2.75) is 20.4 Å². The summed E-state index contributed by atoms with van der Waals surface area (Å²) in [5.41, 5.74) is 1.14. The molecule has 2 rings (SSSR count). The van der Waals surface area contributed by atoms with Gasteiger partial charge in [-0.15, -0.1) is 0 Å². The number of oxazole rings is 1. The van der Waals surface area contributed by atoms with Crippen LogP contribution in [0.25, 0.3) is 0 Å². The van der Waals surface area contributed by atoms with Crippen LogP contribution in [0.5, 0.6) is 5.75 Å². The molecule has 0 spiro atoms. The topological polar surface area (TPSA) is 75.4 Å². The highest BCUT2D eigenvalue weighted by Crippen LogP contribution is 2.17. The minimum absolute atomic E-state index is 0.106. The molecule has 0 radical (unpaired) electrons. The standard InChI is InChI=1S/C13H14N2O3/c1-8-3-4-10(5-11(8)16)13(17)15-7-12-14-6-9(2)18-12/h3-6,16H,7H2,1-2H3,(H,15,17). The zero-order valence-electron chi connectivity index (χ0n) is 10.2. The highest BCUT2D eigenvalue weighted by atomic mass is 16.4. The van der Waals surface area contributed by atoms with Crippen molar-refractivity contribution in [3.05, 3.63) is 47.2 Å². The highest BCUT2D eigenvalue weighted by molar-refractivity contribution is 5.94. The predicted octanol–water partition coefficient (Wildman–Crippen LogP) is 1.93. The number of aromatic hydroxyl groups is 1. The quantitative estimate of drug-likeness (QED) is 0.867. The second-order valence-electron chi connectivity index (χ2n) is 4.05. The first kappa shape index (κ1) is 12.2. The lowest BCUT2D eigenvalue weighted by Crippen LogP contribution is -2.22. The van der Waals surface area contributed by atoms with Crippen LogP contribution in [0.1, 0.15) is 27.6 Å². The van der Waals surface area contributed by atoms with Gasteiger partial charge in [0, 0.05) is 5.56 Å². The highest BCUT2D eigenvalue weighted by Gasteiger charge is 2.09. The fourth-order valence-electron chi connectivity index (χ4n) is 1.49. The maximum atomic E-state index is 11.8. The molecule has 0 saturated carbocycles. The number of carbonyl (C=O) groups excluding carboxylic acids is 1. The fraction of sp³-hybridized carbons (Fsp3) is 0.231. The van der Waals surface area contributed by atoms with Crippen LogP contribution in [0.15, 0.2) is 28.8 Å². The van der Waals surface area contributed by atoms with Crippen molar-refractivity contribution in [1.29, 1.82) is 0 Å². The third kappa shape index (κ3) is 2.68. The lowest BCUT2D eigenvalue weighted by Gasteiger charge is -2.04. The number of phenolic OH excluding ortho intramolecular Hbond substituents is 1. The Bertz CT molecular complexity index is 575. The summed E-state index contributed by atoms with van der Waals surface area (Å²) in [4.78, 5) is 15.8. The SMILES string of the molecule is Cc1cnc(CNC(=O)c2ccc(C)c(O)c2)o1. The molecule has 0 unspecified atom stereocenters. The van der Waals surface area contributed by atoms with E-state index in [1.165, 1.54) is 6.07 Å². The van der Waals surface area contributed by atoms with Crippen molar-refractivity contribution in [3.8, 4) is 5.75 Å². The van der Waals surface area contributed by atoms with Crippen LogP contribution in [-0.2, 0) is 6.54 Å². The van der Waals surface area contributed by atoms with Crippen molar-refractivity contribution in [3.63, 3.8) is 0 Å². The Hall–Kier alpha value is -2.30. The maximum absolute atomic E-state index is 11.8. The number of aryl methyl sites for hydroxylation is 2. The summed E-state index contributed by atoms with van der Waals surface area (Å²) in [6.07, 6.45) is 1.60. The van der Waals surface area contributed by atoms with E-state index in [0.29, 0.717) is 17.2 Å². The van der Waals surface area contributed by atoms with Gasteiger partial charge < -0.3 is 14.8 Å². The molecular formula is C13H14N2O3. The summed E-state index contributed by atoms with van der Waals surface area (Å²) >= 11 is 0. The molecule has 18 heavy (non-hydrogen) atoms. The van der Waals surface area contributed by atoms with Crippen LogP contribution in [0, 0.1) is 13.8 Å². The molecule has 0 aliphatic carbocycles. The van der Waals surface area contributed by atoms with E-state index in [1.54, 1.807) is 32.2 Å². The number of amides is 1. The monoisotopic (exact) mass is 246 g/mol. The van der Waals surface area contributed by atoms with Crippen molar-refractivity contribution < 1.29 is 14.3 Å². The molecule has 1 aromatic carbocycles. The zero-order valence-corrected chi connectivity index (χ0v) is 10.2. The summed E-state index contributed by atoms with van der Waals surface area (Å²) < 4.78 is 5.24. The van der Waals surface area contributed by atoms with E-state index in [0.717, 1.165) is 5.56 Å². The molecule has 0 aliphatic rings. The number of rotatable bonds is 3. The van der Waals surface area contributed by atoms with E-state index in [1.807, 2.05) is 0 Å². The van der Waals surface area contributed by atoms with Gasteiger partial charge in [0.15, 0.2) is 0 Å². The lowest BCUT2D eigenvalue weighted by atomic mass is 10.1. The second kappa shape index (κ2) is 4.91. The third-order valence-electron chi connectivity index (χ3n) is 2.54. The van der Waals surface area contributed by atoms with Gasteiger partial charge in [-0.3, -0.25) is 4.79 Å². The molecule has 0 bridgehead atoms. The van der Waals surface area contributed by atoms with Gasteiger partial charge in [0.05, 0.1) is 12.7 Å². The lowest BCUT2D eigenvalue weighted by molar-refractivity contribution is 0.0946. The normalized spacial score (nSPS) is 10.3. The molecule has 0 fully saturated rings. The molecule has 1 amide bonds. The summed E-state index contributed by atoms with van der Waals surface area (Å²) in [6, 6.07) is 4.79. The Morgan fingerprint density at radius 2 is 2.22 bits per heavy atom. The van der Waals surface area contributed by atoms with Gasteiger partial charge >= 0.3 is 0 Å². The summed E-state index contributed by atoms with van der Waals surface area (Å²) in [5.74, 6) is 0.986. The summed E-state index contributed by atoms with van der Waals surface area (Å²) in [7, 11) is 0. The number of nitrogens with zero attached hydrogens (tertiary/aromatic N) is 1. The number of carbonyl (C=O) groups is 1. The number of aromatic nitrogens is 1. The minimum Gasteiger partial charge on any atom is -0.508 e. The van der Waals surface area contributed by atoms with E-state index in [4.69, 9.17) is 4.42 Å². The van der Waals surface area contributed by atoms with Gasteiger partial charge in [0.2, 0.25) is 5.89 Å². The first-order valence-corrected chi connectivity index (χ1v) is 5.55. The Morgan fingerprint density at radius 1 is 1.44 bits per heavy atom. The Labute approximate surface area is 104 Å². The van der Waals surface area contributed by atoms with Crippen molar-refractivity contribution in [2.24, 2.45) is 0 Å². The first-order valence-electron chi connectivity index (χ1n) is 5.55. The van der Waals surface area contributed by atoms with E-state index in [2.05, 4.69) is 10.3 Å². The molecule has 0 saturated heterocycles. The number of nitrogens with one attached hydrogen (secondary N) is 1. The van der Waals surface area contributed by atoms with Crippen LogP contribution in [0.4, 0.5) is 0 Å². The molecule has 0 atom stereocenters. The third-order valence-corrected chi connectivity index (χ3v) is 2.54. The zero-order chi connectivity index (χ0) is 13.1. The molecule has 2 N–H and O–H groups in total. The van der Waals surface area contributed by atoms with Crippen molar-refractivity contribution >= 4 is 5.91 Å². The largest absolute Gasteiger partial charge is 0.508 e. The summed E-state index contributed by atoms with van der Waals surface area (Å²) in [5, 5.41) is 12.2. The molecule has 5 heteroatoms. The van der Waals surface area contributed by atoms with Crippen LogP contribution in [0.2, 0.25) is 0 Å². The van der Waals surface area contributed by atoms with Crippen LogP contribution < -0.4 is 5.32 Å². The van der Waals surface area contributed by atoms with Gasteiger partial charge in [-0.25, -0.2) is 4.98 Å². The summed E-state index contributed by atoms with van der Waals surface area (Å²) in [6.45, 7) is 3.78. The predicted molar refractivity (Wildman–Crippen MR) is 65.3 cm³/mol. The molecule has 1 heterocycles. The average Bonchev–Trinajstić information content (AvgIpc) is 2.75. The number of hydrogen-bond donors (Lipinski definition) is 2. The van der Waals surface area contributed by atoms with Gasteiger partial charge in [-0.2, -0.15) is 0 Å². The molecule has 94 valence electrons. The van der Waals surface area contributed by atoms with E-state index in [-0.39, 0.29) is 18.2 Å². The van der Waals surface area contributed by atoms with Gasteiger partial charge in [0.25, 0.3) is 5.91 Å². The number of hydrogen-bond acceptors (Lipinski definition) is 4. The van der Waals surface area contributed by atoms with Gasteiger partial charge in [-0.05, 0) is 31.5 Å². The smallest absolute Gasteiger partial charge is 0.251 e. The van der Waals surface area contributed by atoms with Gasteiger partial charge in [-0.1, -0.05) is 6.07 Å². The fourth-order valence-corrected chi connectivity index (χ4v) is 1.49. The minimum atomic E-state index is -0.277. The molecule has 0 aliphatic heterocycles. The Morgan fingerprint density at radius 3 is 2.83 bits per heavy atom. The Balaban J connectivity index is 2.01. The molecule has 2 aromatic rings. The van der Waals surface area contributed by atoms with Crippen LogP contribution >= 0.6 is 0 Å². The van der Waals surface area contributed by atoms with Crippen molar-refractivity contribution in [1.82, 2.24) is 10.3 Å². The average molecular weight is 246 g/mol. The molecule has 1 aromatic heterocycles. The molecular weight excluding hydrogens is 232 g/mol. The van der Waals surface area contributed by atoms with Crippen LogP contribution in [0.3, 0.4) is 0 Å². The van der Waals surface area contributed by atoms with Crippen molar-refractivity contribution in [2.75, 3.05) is 0 Å². The van der Waals surface area contributed by atoms with Gasteiger partial charge in [0.1, 0.15) is 11.5 Å². The Kier molecular flexibility index (Phi) is 3.32. The second-order valence-corrected chi connectivity index (χ2v) is 4.05. The van der Waals surface area contributed by atoms with E-state index >= 15 is 0 Å². The molecule has 5 nitrogen and oxygen atoms in total. The van der Waals surface area contributed by atoms with E-state index in [9.17, 15) is 9.90 Å². The first-order chi connectivity index (χ1) is 8.56. The van der Waals surface area contributed by atoms with E-state index < -0.39 is 0 Å². The van der Waals surface area contributed by atoms with Crippen LogP contribution in [-0.4, -0.2) is 16.0 Å². The number of phenols is 1. The number of benzene rings is 1.